The normalized spacial score (nSPS) is 22.4. The van der Waals surface area contributed by atoms with E-state index in [2.05, 4.69) is 42.9 Å². The highest BCUT2D eigenvalue weighted by Gasteiger charge is 2.53. The van der Waals surface area contributed by atoms with E-state index in [1.807, 2.05) is 42.3 Å². The Bertz CT molecular complexity index is 709. The Morgan fingerprint density at radius 2 is 1.82 bits per heavy atom. The molecule has 2 aliphatic rings. The van der Waals surface area contributed by atoms with E-state index in [1.165, 1.54) is 0 Å². The zero-order valence-corrected chi connectivity index (χ0v) is 17.9. The molecule has 1 aromatic carbocycles. The molecular formula is C22H34N4O2. The number of nitrogens with one attached hydrogen (secondary N) is 1. The van der Waals surface area contributed by atoms with Crippen molar-refractivity contribution < 1.29 is 9.53 Å². The number of hydrogen-bond donors (Lipinski definition) is 1. The Balaban J connectivity index is 1.73. The van der Waals surface area contributed by atoms with Crippen molar-refractivity contribution >= 4 is 11.9 Å². The van der Waals surface area contributed by atoms with Crippen LogP contribution in [0.3, 0.4) is 0 Å². The minimum atomic E-state index is -0.242. The first kappa shape index (κ1) is 20.6. The first-order chi connectivity index (χ1) is 13.3. The molecule has 0 bridgehead atoms. The zero-order valence-electron chi connectivity index (χ0n) is 17.9. The third-order valence-electron chi connectivity index (χ3n) is 6.64. The average Bonchev–Trinajstić information content (AvgIpc) is 2.71. The van der Waals surface area contributed by atoms with Crippen molar-refractivity contribution in [1.82, 2.24) is 15.1 Å². The Kier molecular flexibility index (Phi) is 5.98. The predicted octanol–water partition coefficient (Wildman–Crippen LogP) is 2.32. The van der Waals surface area contributed by atoms with Crippen LogP contribution in [-0.4, -0.2) is 73.6 Å². The third kappa shape index (κ3) is 3.88. The number of carbonyl (C=O) groups is 1. The fraction of sp³-hybridized carbons (Fsp3) is 0.636. The smallest absolute Gasteiger partial charge is 0.232 e. The van der Waals surface area contributed by atoms with Gasteiger partial charge in [0.1, 0.15) is 0 Å². The van der Waals surface area contributed by atoms with Crippen LogP contribution in [0.5, 0.6) is 0 Å². The lowest BCUT2D eigenvalue weighted by atomic mass is 9.65. The van der Waals surface area contributed by atoms with E-state index in [4.69, 9.17) is 4.74 Å². The fourth-order valence-electron chi connectivity index (χ4n) is 3.93. The summed E-state index contributed by atoms with van der Waals surface area (Å²) in [6, 6.07) is 10.0. The van der Waals surface area contributed by atoms with Gasteiger partial charge in [0, 0.05) is 44.2 Å². The maximum Gasteiger partial charge on any atom is 0.232 e. The molecule has 1 N–H and O–H groups in total. The first-order valence-electron chi connectivity index (χ1n) is 10.2. The third-order valence-corrected chi connectivity index (χ3v) is 6.64. The molecule has 0 aromatic heterocycles. The lowest BCUT2D eigenvalue weighted by Gasteiger charge is -2.62. The van der Waals surface area contributed by atoms with Gasteiger partial charge in [-0.2, -0.15) is 0 Å². The number of hydrogen-bond acceptors (Lipinski definition) is 3. The molecule has 1 amide bonds. The van der Waals surface area contributed by atoms with Gasteiger partial charge in [-0.25, -0.2) is 0 Å². The first-order valence-corrected chi connectivity index (χ1v) is 10.2. The summed E-state index contributed by atoms with van der Waals surface area (Å²) in [6.45, 7) is 13.1. The van der Waals surface area contributed by atoms with Crippen LogP contribution in [0.4, 0.5) is 0 Å². The minimum Gasteiger partial charge on any atom is -0.378 e. The van der Waals surface area contributed by atoms with Crippen LogP contribution in [0.2, 0.25) is 0 Å². The van der Waals surface area contributed by atoms with Gasteiger partial charge in [-0.1, -0.05) is 44.2 Å². The average molecular weight is 387 g/mol. The van der Waals surface area contributed by atoms with Crippen molar-refractivity contribution in [2.75, 3.05) is 46.4 Å². The highest BCUT2D eigenvalue weighted by molar-refractivity contribution is 5.86. The van der Waals surface area contributed by atoms with Crippen LogP contribution < -0.4 is 5.32 Å². The van der Waals surface area contributed by atoms with Crippen molar-refractivity contribution in [3.63, 3.8) is 0 Å². The Morgan fingerprint density at radius 1 is 1.18 bits per heavy atom. The van der Waals surface area contributed by atoms with Crippen molar-refractivity contribution in [3.8, 4) is 0 Å². The number of morpholine rings is 1. The molecule has 0 radical (unpaired) electrons. The number of nitrogens with zero attached hydrogens (tertiary/aromatic N) is 3. The van der Waals surface area contributed by atoms with Crippen molar-refractivity contribution in [3.05, 3.63) is 35.9 Å². The Hall–Kier alpha value is -2.08. The van der Waals surface area contributed by atoms with Crippen LogP contribution in [0.1, 0.15) is 39.2 Å². The number of aliphatic imine (C=N–C) groups is 1. The van der Waals surface area contributed by atoms with E-state index >= 15 is 0 Å². The van der Waals surface area contributed by atoms with E-state index in [1.54, 1.807) is 0 Å². The molecule has 3 rings (SSSR count). The molecule has 2 heterocycles. The van der Waals surface area contributed by atoms with E-state index < -0.39 is 0 Å². The van der Waals surface area contributed by atoms with Crippen LogP contribution in [-0.2, 0) is 9.53 Å². The Morgan fingerprint density at radius 3 is 2.36 bits per heavy atom. The number of likely N-dealkylation sites (tertiary alicyclic amines) is 1. The monoisotopic (exact) mass is 386 g/mol. The molecule has 28 heavy (non-hydrogen) atoms. The van der Waals surface area contributed by atoms with Gasteiger partial charge in [0.05, 0.1) is 19.1 Å². The van der Waals surface area contributed by atoms with Crippen LogP contribution in [0.15, 0.2) is 35.3 Å². The van der Waals surface area contributed by atoms with Gasteiger partial charge < -0.3 is 19.9 Å². The van der Waals surface area contributed by atoms with E-state index in [9.17, 15) is 4.79 Å². The molecule has 2 fully saturated rings. The quantitative estimate of drug-likeness (QED) is 0.637. The maximum atomic E-state index is 13.3. The van der Waals surface area contributed by atoms with Crippen LogP contribution in [0.25, 0.3) is 0 Å². The summed E-state index contributed by atoms with van der Waals surface area (Å²) in [5.41, 5.74) is 1.28. The van der Waals surface area contributed by atoms with Crippen LogP contribution in [0, 0.1) is 5.41 Å². The number of guanidine groups is 1. The summed E-state index contributed by atoms with van der Waals surface area (Å²) < 4.78 is 5.41. The molecule has 1 unspecified atom stereocenters. The highest BCUT2D eigenvalue weighted by Crippen LogP contribution is 2.46. The number of amides is 1. The second-order valence-electron chi connectivity index (χ2n) is 8.86. The standard InChI is InChI=1S/C22H34N4O2/c1-21(2)16-26(22(21,3)4)20(23-5)24-15-18(17-9-7-6-8-10-17)19(27)25-11-13-28-14-12-25/h6-10,18H,11-16H2,1-5H3,(H,23,24). The van der Waals surface area contributed by atoms with E-state index in [0.717, 1.165) is 18.1 Å². The second-order valence-corrected chi connectivity index (χ2v) is 8.86. The SMILES string of the molecule is CN=C(NCC(C(=O)N1CCOCC1)c1ccccc1)N1CC(C)(C)C1(C)C. The molecule has 2 saturated heterocycles. The predicted molar refractivity (Wildman–Crippen MR) is 113 cm³/mol. The lowest BCUT2D eigenvalue weighted by molar-refractivity contribution is -0.136. The van der Waals surface area contributed by atoms with E-state index in [0.29, 0.717) is 32.8 Å². The molecule has 2 aliphatic heterocycles. The molecule has 1 aromatic rings. The van der Waals surface area contributed by atoms with E-state index in [-0.39, 0.29) is 22.8 Å². The zero-order chi connectivity index (χ0) is 20.4. The number of rotatable bonds is 4. The van der Waals surface area contributed by atoms with Crippen molar-refractivity contribution in [2.45, 2.75) is 39.2 Å². The summed E-state index contributed by atoms with van der Waals surface area (Å²) in [7, 11) is 1.81. The van der Waals surface area contributed by atoms with Crippen molar-refractivity contribution in [1.29, 1.82) is 0 Å². The molecule has 0 saturated carbocycles. The summed E-state index contributed by atoms with van der Waals surface area (Å²) in [4.78, 5) is 22.0. The minimum absolute atomic E-state index is 0.0192. The maximum absolute atomic E-state index is 13.3. The lowest BCUT2D eigenvalue weighted by Crippen LogP contribution is -2.72. The van der Waals surface area contributed by atoms with Gasteiger partial charge in [0.2, 0.25) is 5.91 Å². The topological polar surface area (TPSA) is 57.2 Å². The molecule has 1 atom stereocenters. The van der Waals surface area contributed by atoms with Gasteiger partial charge in [-0.15, -0.1) is 0 Å². The van der Waals surface area contributed by atoms with Gasteiger partial charge in [0.15, 0.2) is 5.96 Å². The van der Waals surface area contributed by atoms with Crippen LogP contribution >= 0.6 is 0 Å². The number of ether oxygens (including phenoxy) is 1. The van der Waals surface area contributed by atoms with Gasteiger partial charge in [-0.3, -0.25) is 9.79 Å². The summed E-state index contributed by atoms with van der Waals surface area (Å²) in [5.74, 6) is 0.772. The largest absolute Gasteiger partial charge is 0.378 e. The second kappa shape index (κ2) is 8.11. The Labute approximate surface area is 168 Å². The van der Waals surface area contributed by atoms with Gasteiger partial charge in [0.25, 0.3) is 0 Å². The summed E-state index contributed by atoms with van der Waals surface area (Å²) in [6.07, 6.45) is 0. The fourth-order valence-corrected chi connectivity index (χ4v) is 3.93. The molecule has 0 spiro atoms. The van der Waals surface area contributed by atoms with Crippen molar-refractivity contribution in [2.24, 2.45) is 10.4 Å². The molecular weight excluding hydrogens is 352 g/mol. The van der Waals surface area contributed by atoms with Gasteiger partial charge >= 0.3 is 0 Å². The molecule has 154 valence electrons. The number of benzene rings is 1. The summed E-state index contributed by atoms with van der Waals surface area (Å²) in [5, 5.41) is 3.48. The molecule has 6 heteroatoms. The highest BCUT2D eigenvalue weighted by atomic mass is 16.5. The molecule has 0 aliphatic carbocycles. The number of carbonyl (C=O) groups excluding carboxylic acids is 1. The van der Waals surface area contributed by atoms with Gasteiger partial charge in [-0.05, 0) is 19.4 Å². The summed E-state index contributed by atoms with van der Waals surface area (Å²) >= 11 is 0. The molecule has 6 nitrogen and oxygen atoms in total.